The highest BCUT2D eigenvalue weighted by Crippen LogP contribution is 2.26. The molecule has 0 bridgehead atoms. The number of hydrogen-bond donors (Lipinski definition) is 1. The molecule has 1 N–H and O–H groups in total. The Balaban J connectivity index is 4.26. The van der Waals surface area contributed by atoms with E-state index in [1.165, 1.54) is 31.4 Å². The van der Waals surface area contributed by atoms with E-state index in [1.807, 2.05) is 0 Å². The van der Waals surface area contributed by atoms with Crippen molar-refractivity contribution in [2.45, 2.75) is 66.3 Å². The van der Waals surface area contributed by atoms with Gasteiger partial charge in [0.05, 0.1) is 0 Å². The standard InChI is InChI=1S/C14H29N/c1-7-9-10-14(12(5)8-2)13(6)15-11(3)4/h11-12,14-15H,6-10H2,1-5H3. The summed E-state index contributed by atoms with van der Waals surface area (Å²) in [5.41, 5.74) is 1.24. The van der Waals surface area contributed by atoms with Crippen molar-refractivity contribution in [1.29, 1.82) is 0 Å². The van der Waals surface area contributed by atoms with Crippen LogP contribution in [0.4, 0.5) is 0 Å². The fourth-order valence-electron chi connectivity index (χ4n) is 1.99. The maximum Gasteiger partial charge on any atom is 0.0201 e. The predicted molar refractivity (Wildman–Crippen MR) is 69.9 cm³/mol. The second kappa shape index (κ2) is 7.78. The van der Waals surface area contributed by atoms with Gasteiger partial charge in [-0.3, -0.25) is 0 Å². The van der Waals surface area contributed by atoms with Gasteiger partial charge in [-0.15, -0.1) is 0 Å². The molecule has 1 heteroatoms. The van der Waals surface area contributed by atoms with Gasteiger partial charge in [-0.05, 0) is 26.2 Å². The van der Waals surface area contributed by atoms with Gasteiger partial charge in [0, 0.05) is 17.7 Å². The molecular weight excluding hydrogens is 182 g/mol. The molecule has 2 atom stereocenters. The van der Waals surface area contributed by atoms with Gasteiger partial charge in [0.1, 0.15) is 0 Å². The number of rotatable bonds is 8. The topological polar surface area (TPSA) is 12.0 Å². The van der Waals surface area contributed by atoms with Gasteiger partial charge in [-0.2, -0.15) is 0 Å². The van der Waals surface area contributed by atoms with Crippen LogP contribution in [0.1, 0.15) is 60.3 Å². The number of allylic oxidation sites excluding steroid dienone is 1. The Morgan fingerprint density at radius 3 is 2.20 bits per heavy atom. The van der Waals surface area contributed by atoms with Crippen LogP contribution in [-0.2, 0) is 0 Å². The summed E-state index contributed by atoms with van der Waals surface area (Å²) < 4.78 is 0. The summed E-state index contributed by atoms with van der Waals surface area (Å²) in [7, 11) is 0. The first-order chi connectivity index (χ1) is 7.02. The van der Waals surface area contributed by atoms with Crippen molar-refractivity contribution in [2.75, 3.05) is 0 Å². The summed E-state index contributed by atoms with van der Waals surface area (Å²) >= 11 is 0. The molecule has 0 aromatic rings. The van der Waals surface area contributed by atoms with Gasteiger partial charge in [0.2, 0.25) is 0 Å². The van der Waals surface area contributed by atoms with Crippen molar-refractivity contribution < 1.29 is 0 Å². The van der Waals surface area contributed by atoms with Crippen LogP contribution in [0.25, 0.3) is 0 Å². The average Bonchev–Trinajstić information content (AvgIpc) is 2.16. The molecule has 0 fully saturated rings. The minimum absolute atomic E-state index is 0.505. The van der Waals surface area contributed by atoms with E-state index in [4.69, 9.17) is 0 Å². The Morgan fingerprint density at radius 2 is 1.80 bits per heavy atom. The molecule has 0 saturated carbocycles. The molecule has 0 aromatic carbocycles. The van der Waals surface area contributed by atoms with Crippen LogP contribution in [0.15, 0.2) is 12.3 Å². The van der Waals surface area contributed by atoms with E-state index in [0.29, 0.717) is 12.0 Å². The molecule has 0 aliphatic heterocycles. The molecular formula is C14H29N. The second-order valence-corrected chi connectivity index (χ2v) is 4.96. The maximum absolute atomic E-state index is 4.21. The summed E-state index contributed by atoms with van der Waals surface area (Å²) in [5, 5.41) is 3.47. The maximum atomic E-state index is 4.21. The molecule has 0 radical (unpaired) electrons. The van der Waals surface area contributed by atoms with Gasteiger partial charge < -0.3 is 5.32 Å². The summed E-state index contributed by atoms with van der Waals surface area (Å²) in [6.45, 7) is 15.4. The fourth-order valence-corrected chi connectivity index (χ4v) is 1.99. The summed E-state index contributed by atoms with van der Waals surface area (Å²) in [5.74, 6) is 1.40. The van der Waals surface area contributed by atoms with Crippen LogP contribution in [0.5, 0.6) is 0 Å². The first kappa shape index (κ1) is 14.5. The average molecular weight is 211 g/mol. The highest BCUT2D eigenvalue weighted by atomic mass is 14.9. The predicted octanol–water partition coefficient (Wildman–Crippen LogP) is 4.35. The molecule has 0 saturated heterocycles. The first-order valence-electron chi connectivity index (χ1n) is 6.48. The SMILES string of the molecule is C=C(NC(C)C)C(CCCC)C(C)CC. The quantitative estimate of drug-likeness (QED) is 0.629. The molecule has 1 nitrogen and oxygen atoms in total. The molecule has 0 rings (SSSR count). The third-order valence-electron chi connectivity index (χ3n) is 3.12. The lowest BCUT2D eigenvalue weighted by molar-refractivity contribution is 0.345. The van der Waals surface area contributed by atoms with Crippen molar-refractivity contribution >= 4 is 0 Å². The third-order valence-corrected chi connectivity index (χ3v) is 3.12. The Hall–Kier alpha value is -0.460. The molecule has 90 valence electrons. The van der Waals surface area contributed by atoms with Gasteiger partial charge in [0.25, 0.3) is 0 Å². The van der Waals surface area contributed by atoms with Crippen LogP contribution in [0.2, 0.25) is 0 Å². The Kier molecular flexibility index (Phi) is 7.54. The Labute approximate surface area is 96.3 Å². The fraction of sp³-hybridized carbons (Fsp3) is 0.857. The zero-order chi connectivity index (χ0) is 11.8. The van der Waals surface area contributed by atoms with Gasteiger partial charge >= 0.3 is 0 Å². The molecule has 0 spiro atoms. The van der Waals surface area contributed by atoms with E-state index in [-0.39, 0.29) is 0 Å². The van der Waals surface area contributed by atoms with Crippen molar-refractivity contribution in [2.24, 2.45) is 11.8 Å². The van der Waals surface area contributed by atoms with Crippen molar-refractivity contribution in [3.8, 4) is 0 Å². The molecule has 0 heterocycles. The summed E-state index contributed by atoms with van der Waals surface area (Å²) in [6, 6.07) is 0.505. The first-order valence-corrected chi connectivity index (χ1v) is 6.48. The van der Waals surface area contributed by atoms with E-state index in [0.717, 1.165) is 5.92 Å². The molecule has 2 unspecified atom stereocenters. The van der Waals surface area contributed by atoms with Gasteiger partial charge in [-0.1, -0.05) is 46.6 Å². The molecule has 0 aromatic heterocycles. The van der Waals surface area contributed by atoms with Crippen LogP contribution >= 0.6 is 0 Å². The number of hydrogen-bond acceptors (Lipinski definition) is 1. The Bertz CT molecular complexity index is 172. The number of unbranched alkanes of at least 4 members (excludes halogenated alkanes) is 1. The van der Waals surface area contributed by atoms with E-state index < -0.39 is 0 Å². The van der Waals surface area contributed by atoms with Gasteiger partial charge in [0.15, 0.2) is 0 Å². The van der Waals surface area contributed by atoms with E-state index in [1.54, 1.807) is 0 Å². The number of nitrogens with one attached hydrogen (secondary N) is 1. The summed E-state index contributed by atoms with van der Waals surface area (Å²) in [6.07, 6.45) is 5.12. The lowest BCUT2D eigenvalue weighted by atomic mass is 9.85. The van der Waals surface area contributed by atoms with Gasteiger partial charge in [-0.25, -0.2) is 0 Å². The van der Waals surface area contributed by atoms with Crippen LogP contribution < -0.4 is 5.32 Å². The zero-order valence-electron chi connectivity index (χ0n) is 11.3. The third kappa shape index (κ3) is 5.86. The van der Waals surface area contributed by atoms with Crippen molar-refractivity contribution in [3.63, 3.8) is 0 Å². The summed E-state index contributed by atoms with van der Waals surface area (Å²) in [4.78, 5) is 0. The highest BCUT2D eigenvalue weighted by molar-refractivity contribution is 5.00. The minimum Gasteiger partial charge on any atom is -0.386 e. The van der Waals surface area contributed by atoms with Crippen LogP contribution in [0, 0.1) is 11.8 Å². The van der Waals surface area contributed by atoms with Crippen molar-refractivity contribution in [1.82, 2.24) is 5.32 Å². The smallest absolute Gasteiger partial charge is 0.0201 e. The largest absolute Gasteiger partial charge is 0.386 e. The molecule has 0 aliphatic rings. The van der Waals surface area contributed by atoms with Crippen molar-refractivity contribution in [3.05, 3.63) is 12.3 Å². The van der Waals surface area contributed by atoms with E-state index in [9.17, 15) is 0 Å². The molecule has 15 heavy (non-hydrogen) atoms. The van der Waals surface area contributed by atoms with Crippen LogP contribution in [-0.4, -0.2) is 6.04 Å². The lowest BCUT2D eigenvalue weighted by Gasteiger charge is -2.27. The van der Waals surface area contributed by atoms with Crippen LogP contribution in [0.3, 0.4) is 0 Å². The minimum atomic E-state index is 0.505. The molecule has 0 amide bonds. The van der Waals surface area contributed by atoms with E-state index >= 15 is 0 Å². The molecule has 0 aliphatic carbocycles. The normalized spacial score (nSPS) is 15.1. The monoisotopic (exact) mass is 211 g/mol. The van der Waals surface area contributed by atoms with E-state index in [2.05, 4.69) is 46.5 Å². The second-order valence-electron chi connectivity index (χ2n) is 4.96. The highest BCUT2D eigenvalue weighted by Gasteiger charge is 2.18. The zero-order valence-corrected chi connectivity index (χ0v) is 11.3. The lowest BCUT2D eigenvalue weighted by Crippen LogP contribution is -2.29. The Morgan fingerprint density at radius 1 is 1.20 bits per heavy atom.